The van der Waals surface area contributed by atoms with Gasteiger partial charge in [0.15, 0.2) is 0 Å². The number of nitrogens with zero attached hydrogens (tertiary/aromatic N) is 5. The summed E-state index contributed by atoms with van der Waals surface area (Å²) >= 11 is 1.42. The normalized spacial score (nSPS) is 11.8. The fourth-order valence-electron chi connectivity index (χ4n) is 3.36. The molecule has 5 rings (SSSR count). The maximum absolute atomic E-state index is 13.4. The maximum Gasteiger partial charge on any atom is 0.416 e. The molecule has 12 heteroatoms. The van der Waals surface area contributed by atoms with Crippen LogP contribution in [-0.4, -0.2) is 30.8 Å². The minimum Gasteiger partial charge on any atom is -0.335 e. The Morgan fingerprint density at radius 2 is 2.06 bits per heavy atom. The molecule has 0 fully saturated rings. The molecule has 1 N–H and O–H groups in total. The Morgan fingerprint density at radius 1 is 1.21 bits per heavy atom. The Hall–Kier alpha value is -4.06. The number of benzene rings is 1. The number of fused-ring (bicyclic) bond motifs is 1. The summed E-state index contributed by atoms with van der Waals surface area (Å²) in [5.74, 6) is -0.646. The van der Waals surface area contributed by atoms with Gasteiger partial charge in [-0.15, -0.1) is 11.3 Å². The monoisotopic (exact) mass is 470 g/mol. The van der Waals surface area contributed by atoms with Crippen molar-refractivity contribution in [3.63, 3.8) is 0 Å². The summed E-state index contributed by atoms with van der Waals surface area (Å²) < 4.78 is 46.6. The number of hydrogen-bond donors (Lipinski definition) is 1. The van der Waals surface area contributed by atoms with E-state index >= 15 is 0 Å². The lowest BCUT2D eigenvalue weighted by Gasteiger charge is -2.15. The van der Waals surface area contributed by atoms with Crippen molar-refractivity contribution >= 4 is 34.0 Å². The molecule has 166 valence electrons. The van der Waals surface area contributed by atoms with Crippen LogP contribution in [0.2, 0.25) is 0 Å². The van der Waals surface area contributed by atoms with Gasteiger partial charge in [0.25, 0.3) is 11.6 Å². The Balaban J connectivity index is 1.62. The van der Waals surface area contributed by atoms with Crippen molar-refractivity contribution in [2.75, 3.05) is 5.32 Å². The molecule has 0 bridgehead atoms. The van der Waals surface area contributed by atoms with Gasteiger partial charge in [0.2, 0.25) is 0 Å². The van der Waals surface area contributed by atoms with E-state index < -0.39 is 17.6 Å². The number of alkyl halides is 3. The molecule has 4 aromatic heterocycles. The van der Waals surface area contributed by atoms with Gasteiger partial charge in [0.05, 0.1) is 44.2 Å². The lowest BCUT2D eigenvalue weighted by Crippen LogP contribution is -2.16. The van der Waals surface area contributed by atoms with Crippen molar-refractivity contribution in [3.05, 3.63) is 71.3 Å². The van der Waals surface area contributed by atoms with Gasteiger partial charge in [-0.2, -0.15) is 18.3 Å². The topological polar surface area (TPSA) is 98.7 Å². The van der Waals surface area contributed by atoms with Crippen LogP contribution in [0.4, 0.5) is 18.9 Å². The fraction of sp³-hybridized carbons (Fsp3) is 0.0952. The number of halogens is 3. The predicted octanol–water partition coefficient (Wildman–Crippen LogP) is 5.11. The molecular formula is C21H13F3N6O2S. The minimum absolute atomic E-state index is 0.0860. The molecule has 0 aliphatic carbocycles. The van der Waals surface area contributed by atoms with Gasteiger partial charge in [-0.3, -0.25) is 4.79 Å². The summed E-state index contributed by atoms with van der Waals surface area (Å²) in [6, 6.07) is 8.22. The number of nitrogens with one attached hydrogen (secondary N) is 1. The second kappa shape index (κ2) is 7.81. The van der Waals surface area contributed by atoms with Gasteiger partial charge in [-0.25, -0.2) is 14.6 Å². The molecule has 0 aliphatic rings. The summed E-state index contributed by atoms with van der Waals surface area (Å²) in [5.41, 5.74) is 0.465. The number of aryl methyl sites for hydroxylation is 1. The lowest BCUT2D eigenvalue weighted by atomic mass is 10.1. The molecule has 0 aliphatic heterocycles. The molecular weight excluding hydrogens is 457 g/mol. The Bertz CT molecular complexity index is 1460. The molecule has 5 aromatic rings. The van der Waals surface area contributed by atoms with Crippen LogP contribution in [0.1, 0.15) is 21.6 Å². The van der Waals surface area contributed by atoms with Gasteiger partial charge < -0.3 is 9.84 Å². The van der Waals surface area contributed by atoms with E-state index in [1.165, 1.54) is 34.7 Å². The van der Waals surface area contributed by atoms with Crippen LogP contribution in [-0.2, 0) is 6.18 Å². The van der Waals surface area contributed by atoms with Crippen molar-refractivity contribution in [1.82, 2.24) is 24.9 Å². The average Bonchev–Trinajstić information content (AvgIpc) is 3.55. The molecule has 1 amide bonds. The zero-order valence-corrected chi connectivity index (χ0v) is 17.6. The highest BCUT2D eigenvalue weighted by Gasteiger charge is 2.31. The Labute approximate surface area is 187 Å². The highest BCUT2D eigenvalue weighted by Crippen LogP contribution is 2.34. The number of amides is 1. The van der Waals surface area contributed by atoms with Crippen LogP contribution in [0.25, 0.3) is 27.4 Å². The van der Waals surface area contributed by atoms with Gasteiger partial charge in [0.1, 0.15) is 12.7 Å². The zero-order valence-electron chi connectivity index (χ0n) is 16.8. The maximum atomic E-state index is 13.4. The molecule has 4 heterocycles. The van der Waals surface area contributed by atoms with Crippen LogP contribution >= 0.6 is 11.3 Å². The van der Waals surface area contributed by atoms with E-state index in [9.17, 15) is 18.0 Å². The summed E-state index contributed by atoms with van der Waals surface area (Å²) in [6.45, 7) is 1.65. The number of rotatable bonds is 4. The zero-order chi connectivity index (χ0) is 23.2. The van der Waals surface area contributed by atoms with Crippen LogP contribution in [0.15, 0.2) is 59.0 Å². The van der Waals surface area contributed by atoms with Crippen LogP contribution < -0.4 is 5.32 Å². The van der Waals surface area contributed by atoms with E-state index in [1.54, 1.807) is 13.0 Å². The average molecular weight is 470 g/mol. The van der Waals surface area contributed by atoms with Crippen LogP contribution in [0.3, 0.4) is 0 Å². The Kier molecular flexibility index (Phi) is 4.93. The summed E-state index contributed by atoms with van der Waals surface area (Å²) in [7, 11) is 0. The van der Waals surface area contributed by atoms with Gasteiger partial charge in [-0.05, 0) is 42.6 Å². The molecule has 0 saturated heterocycles. The summed E-state index contributed by atoms with van der Waals surface area (Å²) in [5, 5.41) is 12.7. The first kappa shape index (κ1) is 20.8. The molecule has 0 radical (unpaired) electrons. The smallest absolute Gasteiger partial charge is 0.335 e. The first-order chi connectivity index (χ1) is 15.8. The summed E-state index contributed by atoms with van der Waals surface area (Å²) in [6.07, 6.45) is -2.03. The standard InChI is InChI=1S/C21H13F3N6O2S/c1-11-18-13(8-15(17-3-2-6-33-17)28-20(18)32-29-11)19(31)27-14-7-12(21(22,23)24)4-5-16(14)30-10-25-9-26-30/h2-10H,1H3,(H,27,31). The minimum atomic E-state index is -4.60. The number of carbonyl (C=O) groups excluding carboxylic acids is 1. The first-order valence-corrected chi connectivity index (χ1v) is 10.4. The molecule has 33 heavy (non-hydrogen) atoms. The lowest BCUT2D eigenvalue weighted by molar-refractivity contribution is -0.137. The second-order valence-electron chi connectivity index (χ2n) is 7.00. The van der Waals surface area contributed by atoms with E-state index in [2.05, 4.69) is 25.5 Å². The predicted molar refractivity (Wildman–Crippen MR) is 114 cm³/mol. The van der Waals surface area contributed by atoms with E-state index in [0.717, 1.165) is 17.0 Å². The third-order valence-electron chi connectivity index (χ3n) is 4.87. The number of pyridine rings is 1. The number of aromatic nitrogens is 5. The third kappa shape index (κ3) is 3.84. The largest absolute Gasteiger partial charge is 0.416 e. The summed E-state index contributed by atoms with van der Waals surface area (Å²) in [4.78, 5) is 22.4. The Morgan fingerprint density at radius 3 is 2.76 bits per heavy atom. The van der Waals surface area contributed by atoms with Crippen molar-refractivity contribution in [3.8, 4) is 16.3 Å². The van der Waals surface area contributed by atoms with Crippen molar-refractivity contribution in [2.24, 2.45) is 0 Å². The van der Waals surface area contributed by atoms with Crippen LogP contribution in [0, 0.1) is 6.92 Å². The quantitative estimate of drug-likeness (QED) is 0.392. The van der Waals surface area contributed by atoms with Crippen LogP contribution in [0.5, 0.6) is 0 Å². The van der Waals surface area contributed by atoms with Gasteiger partial charge in [0, 0.05) is 0 Å². The molecule has 0 unspecified atom stereocenters. The van der Waals surface area contributed by atoms with E-state index in [1.807, 2.05) is 17.5 Å². The number of anilines is 1. The van der Waals surface area contributed by atoms with E-state index in [0.29, 0.717) is 16.8 Å². The van der Waals surface area contributed by atoms with Gasteiger partial charge >= 0.3 is 6.18 Å². The second-order valence-corrected chi connectivity index (χ2v) is 7.95. The van der Waals surface area contributed by atoms with Gasteiger partial charge in [-0.1, -0.05) is 11.2 Å². The molecule has 8 nitrogen and oxygen atoms in total. The molecule has 0 spiro atoms. The molecule has 0 saturated carbocycles. The highest BCUT2D eigenvalue weighted by molar-refractivity contribution is 7.13. The number of thiophene rings is 1. The van der Waals surface area contributed by atoms with Crippen molar-refractivity contribution < 1.29 is 22.5 Å². The SMILES string of the molecule is Cc1noc2nc(-c3cccs3)cc(C(=O)Nc3cc(C(F)(F)F)ccc3-n3cncn3)c12. The van der Waals surface area contributed by atoms with E-state index in [-0.39, 0.29) is 22.7 Å². The third-order valence-corrected chi connectivity index (χ3v) is 5.77. The van der Waals surface area contributed by atoms with Crippen molar-refractivity contribution in [2.45, 2.75) is 13.1 Å². The van der Waals surface area contributed by atoms with E-state index in [4.69, 9.17) is 4.52 Å². The molecule has 0 atom stereocenters. The number of hydrogen-bond acceptors (Lipinski definition) is 7. The first-order valence-electron chi connectivity index (χ1n) is 9.50. The highest BCUT2D eigenvalue weighted by atomic mass is 32.1. The fourth-order valence-corrected chi connectivity index (χ4v) is 4.05. The number of carbonyl (C=O) groups is 1. The molecule has 1 aromatic carbocycles. The van der Waals surface area contributed by atoms with Crippen molar-refractivity contribution in [1.29, 1.82) is 0 Å².